The lowest BCUT2D eigenvalue weighted by Gasteiger charge is -2.03. The van der Waals surface area contributed by atoms with Gasteiger partial charge in [-0.05, 0) is 37.5 Å². The van der Waals surface area contributed by atoms with Gasteiger partial charge in [0.2, 0.25) is 0 Å². The van der Waals surface area contributed by atoms with Gasteiger partial charge in [-0.2, -0.15) is 0 Å². The Hall–Kier alpha value is -0.830. The number of halogens is 1. The fourth-order valence-electron chi connectivity index (χ4n) is 1.29. The summed E-state index contributed by atoms with van der Waals surface area (Å²) in [6.07, 6.45) is 2.15. The van der Waals surface area contributed by atoms with Crippen molar-refractivity contribution in [2.75, 3.05) is 11.9 Å². The van der Waals surface area contributed by atoms with E-state index in [0.29, 0.717) is 12.2 Å². The molecule has 0 spiro atoms. The predicted molar refractivity (Wildman–Crippen MR) is 64.5 cm³/mol. The van der Waals surface area contributed by atoms with E-state index in [4.69, 9.17) is 4.74 Å². The number of esters is 1. The number of alkyl halides is 1. The first-order valence-corrected chi connectivity index (χ1v) is 6.22. The topological polar surface area (TPSA) is 26.3 Å². The van der Waals surface area contributed by atoms with Crippen molar-refractivity contribution >= 4 is 21.9 Å². The zero-order chi connectivity index (χ0) is 11.1. The predicted octanol–water partition coefficient (Wildman–Crippen LogP) is 3.19. The molecule has 15 heavy (non-hydrogen) atoms. The lowest BCUT2D eigenvalue weighted by molar-refractivity contribution is 0.0526. The van der Waals surface area contributed by atoms with E-state index in [1.165, 1.54) is 5.56 Å². The number of carbonyl (C=O) groups is 1. The summed E-state index contributed by atoms with van der Waals surface area (Å²) < 4.78 is 4.90. The number of benzene rings is 1. The van der Waals surface area contributed by atoms with Crippen LogP contribution in [0.25, 0.3) is 0 Å². The smallest absolute Gasteiger partial charge is 0.338 e. The third-order valence-corrected chi connectivity index (χ3v) is 2.62. The lowest BCUT2D eigenvalue weighted by Crippen LogP contribution is -2.04. The molecule has 0 saturated heterocycles. The molecule has 0 radical (unpaired) electrons. The molecule has 0 fully saturated rings. The molecule has 1 rings (SSSR count). The highest BCUT2D eigenvalue weighted by molar-refractivity contribution is 9.09. The van der Waals surface area contributed by atoms with Crippen molar-refractivity contribution in [3.8, 4) is 0 Å². The molecule has 0 atom stereocenters. The number of rotatable bonds is 5. The van der Waals surface area contributed by atoms with Crippen molar-refractivity contribution in [1.29, 1.82) is 0 Å². The summed E-state index contributed by atoms with van der Waals surface area (Å²) in [4.78, 5) is 11.3. The van der Waals surface area contributed by atoms with E-state index >= 15 is 0 Å². The highest BCUT2D eigenvalue weighted by Gasteiger charge is 2.04. The van der Waals surface area contributed by atoms with E-state index in [1.54, 1.807) is 0 Å². The molecule has 0 aliphatic heterocycles. The molecule has 0 heterocycles. The van der Waals surface area contributed by atoms with Gasteiger partial charge < -0.3 is 4.74 Å². The molecule has 2 nitrogen and oxygen atoms in total. The summed E-state index contributed by atoms with van der Waals surface area (Å²) in [5.41, 5.74) is 1.88. The zero-order valence-electron chi connectivity index (χ0n) is 8.83. The molecule has 1 aromatic carbocycles. The van der Waals surface area contributed by atoms with Gasteiger partial charge in [-0.15, -0.1) is 0 Å². The van der Waals surface area contributed by atoms with Crippen molar-refractivity contribution < 1.29 is 9.53 Å². The summed E-state index contributed by atoms with van der Waals surface area (Å²) in [6.45, 7) is 2.23. The van der Waals surface area contributed by atoms with Gasteiger partial charge in [0, 0.05) is 5.33 Å². The largest absolute Gasteiger partial charge is 0.462 e. The minimum Gasteiger partial charge on any atom is -0.462 e. The Kier molecular flexibility index (Phi) is 5.40. The van der Waals surface area contributed by atoms with Crippen LogP contribution in [0.1, 0.15) is 29.3 Å². The molecule has 0 saturated carbocycles. The second kappa shape index (κ2) is 6.62. The van der Waals surface area contributed by atoms with Gasteiger partial charge in [0.05, 0.1) is 12.2 Å². The molecular weight excluding hydrogens is 256 g/mol. The SMILES string of the molecule is CCOC(=O)c1ccc(CCCBr)cc1. The quantitative estimate of drug-likeness (QED) is 0.607. The van der Waals surface area contributed by atoms with Crippen molar-refractivity contribution in [2.45, 2.75) is 19.8 Å². The first-order chi connectivity index (χ1) is 7.27. The zero-order valence-corrected chi connectivity index (χ0v) is 10.4. The normalized spacial score (nSPS) is 10.0. The maximum Gasteiger partial charge on any atom is 0.338 e. The second-order valence-corrected chi connectivity index (χ2v) is 4.00. The van der Waals surface area contributed by atoms with Gasteiger partial charge in [0.15, 0.2) is 0 Å². The Balaban J connectivity index is 2.59. The van der Waals surface area contributed by atoms with E-state index < -0.39 is 0 Å². The summed E-state index contributed by atoms with van der Waals surface area (Å²) in [6, 6.07) is 7.60. The van der Waals surface area contributed by atoms with Crippen LogP contribution in [0.15, 0.2) is 24.3 Å². The van der Waals surface area contributed by atoms with Gasteiger partial charge >= 0.3 is 5.97 Å². The van der Waals surface area contributed by atoms with Crippen LogP contribution < -0.4 is 0 Å². The molecule has 3 heteroatoms. The Labute approximate surface area is 98.8 Å². The summed E-state index contributed by atoms with van der Waals surface area (Å²) in [7, 11) is 0. The fraction of sp³-hybridized carbons (Fsp3) is 0.417. The van der Waals surface area contributed by atoms with E-state index in [0.717, 1.165) is 18.2 Å². The van der Waals surface area contributed by atoms with Gasteiger partial charge in [0.25, 0.3) is 0 Å². The maximum absolute atomic E-state index is 11.3. The van der Waals surface area contributed by atoms with Crippen LogP contribution in [0, 0.1) is 0 Å². The van der Waals surface area contributed by atoms with E-state index in [1.807, 2.05) is 31.2 Å². The Morgan fingerprint density at radius 2 is 2.00 bits per heavy atom. The van der Waals surface area contributed by atoms with E-state index in [-0.39, 0.29) is 5.97 Å². The molecule has 1 aromatic rings. The molecule has 0 unspecified atom stereocenters. The highest BCUT2D eigenvalue weighted by Crippen LogP contribution is 2.08. The standard InChI is InChI=1S/C12H15BrO2/c1-2-15-12(14)11-7-5-10(6-8-11)4-3-9-13/h5-8H,2-4,9H2,1H3. The monoisotopic (exact) mass is 270 g/mol. The average Bonchev–Trinajstić information content (AvgIpc) is 2.27. The van der Waals surface area contributed by atoms with Crippen LogP contribution in [0.5, 0.6) is 0 Å². The molecule has 0 aliphatic carbocycles. The first kappa shape index (κ1) is 12.2. The maximum atomic E-state index is 11.3. The van der Waals surface area contributed by atoms with Crippen LogP contribution in [-0.2, 0) is 11.2 Å². The number of aryl methyl sites for hydroxylation is 1. The second-order valence-electron chi connectivity index (χ2n) is 3.21. The summed E-state index contributed by atoms with van der Waals surface area (Å²) >= 11 is 3.39. The number of ether oxygens (including phenoxy) is 1. The van der Waals surface area contributed by atoms with Crippen molar-refractivity contribution in [3.63, 3.8) is 0 Å². The Morgan fingerprint density at radius 3 is 2.53 bits per heavy atom. The minimum atomic E-state index is -0.246. The van der Waals surface area contributed by atoms with E-state index in [2.05, 4.69) is 15.9 Å². The molecule has 0 bridgehead atoms. The van der Waals surface area contributed by atoms with Crippen LogP contribution >= 0.6 is 15.9 Å². The third kappa shape index (κ3) is 4.04. The van der Waals surface area contributed by atoms with Crippen LogP contribution in [0.2, 0.25) is 0 Å². The van der Waals surface area contributed by atoms with E-state index in [9.17, 15) is 4.79 Å². The minimum absolute atomic E-state index is 0.246. The van der Waals surface area contributed by atoms with Crippen molar-refractivity contribution in [1.82, 2.24) is 0 Å². The van der Waals surface area contributed by atoms with Crippen LogP contribution in [0.4, 0.5) is 0 Å². The molecule has 82 valence electrons. The van der Waals surface area contributed by atoms with Gasteiger partial charge in [0.1, 0.15) is 0 Å². The Morgan fingerprint density at radius 1 is 1.33 bits per heavy atom. The number of carbonyl (C=O) groups excluding carboxylic acids is 1. The van der Waals surface area contributed by atoms with Gasteiger partial charge in [-0.1, -0.05) is 28.1 Å². The fourth-order valence-corrected chi connectivity index (χ4v) is 1.57. The lowest BCUT2D eigenvalue weighted by atomic mass is 10.1. The highest BCUT2D eigenvalue weighted by atomic mass is 79.9. The summed E-state index contributed by atoms with van der Waals surface area (Å²) in [5.74, 6) is -0.246. The molecule has 0 aromatic heterocycles. The summed E-state index contributed by atoms with van der Waals surface area (Å²) in [5, 5.41) is 1.01. The van der Waals surface area contributed by atoms with Gasteiger partial charge in [-0.25, -0.2) is 4.79 Å². The number of hydrogen-bond donors (Lipinski definition) is 0. The average molecular weight is 271 g/mol. The molecule has 0 amide bonds. The Bertz CT molecular complexity index is 306. The first-order valence-electron chi connectivity index (χ1n) is 5.10. The molecule has 0 aliphatic rings. The molecule has 0 N–H and O–H groups in total. The van der Waals surface area contributed by atoms with Gasteiger partial charge in [-0.3, -0.25) is 0 Å². The third-order valence-electron chi connectivity index (χ3n) is 2.06. The number of hydrogen-bond acceptors (Lipinski definition) is 2. The van der Waals surface area contributed by atoms with Crippen LogP contribution in [-0.4, -0.2) is 17.9 Å². The van der Waals surface area contributed by atoms with Crippen LogP contribution in [0.3, 0.4) is 0 Å². The molecular formula is C12H15BrO2. The van der Waals surface area contributed by atoms with Crippen molar-refractivity contribution in [2.24, 2.45) is 0 Å². The van der Waals surface area contributed by atoms with Crippen molar-refractivity contribution in [3.05, 3.63) is 35.4 Å².